The number of primary amides is 1. The Morgan fingerprint density at radius 1 is 0.714 bits per heavy atom. The Hall–Kier alpha value is -8.25. The molecule has 378 valence electrons. The molecule has 1 saturated heterocycles. The number of nitrogens with two attached hydrogens (primary N) is 5. The number of nitrogens with one attached hydrogen (secondary N) is 9. The summed E-state index contributed by atoms with van der Waals surface area (Å²) in [7, 11) is 0. The summed E-state index contributed by atoms with van der Waals surface area (Å²) in [5.41, 5.74) is 29.5. The van der Waals surface area contributed by atoms with Crippen molar-refractivity contribution in [2.45, 2.75) is 108 Å². The molecule has 25 nitrogen and oxygen atoms in total. The Morgan fingerprint density at radius 3 is 1.99 bits per heavy atom. The molecule has 0 unspecified atom stereocenters. The van der Waals surface area contributed by atoms with Gasteiger partial charge in [-0.3, -0.25) is 53.1 Å². The number of amides is 9. The first-order valence-electron chi connectivity index (χ1n) is 22.7. The van der Waals surface area contributed by atoms with Crippen molar-refractivity contribution < 1.29 is 43.2 Å². The number of carbonyl (C=O) groups excluding carboxylic acids is 9. The number of guanidine groups is 2. The number of benzene rings is 2. The minimum atomic E-state index is -1.52. The Balaban J connectivity index is 1.74. The van der Waals surface area contributed by atoms with Crippen LogP contribution in [0.5, 0.6) is 0 Å². The molecule has 4 rings (SSSR count). The molecule has 7 atom stereocenters. The van der Waals surface area contributed by atoms with Gasteiger partial charge in [0, 0.05) is 62.9 Å². The number of hydrogen-bond donors (Lipinski definition) is 14. The highest BCUT2D eigenvalue weighted by Gasteiger charge is 2.34. The van der Waals surface area contributed by atoms with Crippen molar-refractivity contribution in [3.05, 3.63) is 71.9 Å². The van der Waals surface area contributed by atoms with E-state index in [1.165, 1.54) is 13.8 Å². The summed E-state index contributed by atoms with van der Waals surface area (Å²) in [5.74, 6) is -7.79. The normalized spacial score (nSPS) is 21.4. The molecule has 3 aromatic rings. The van der Waals surface area contributed by atoms with E-state index in [0.29, 0.717) is 11.1 Å². The molecule has 19 N–H and O–H groups in total. The van der Waals surface area contributed by atoms with E-state index in [4.69, 9.17) is 28.7 Å². The molecule has 0 bridgehead atoms. The molecule has 0 aliphatic carbocycles. The third-order valence-electron chi connectivity index (χ3n) is 11.1. The average molecular weight is 973 g/mol. The molecule has 9 amide bonds. The Kier molecular flexibility index (Phi) is 20.9. The highest BCUT2D eigenvalue weighted by atomic mass is 16.2. The summed E-state index contributed by atoms with van der Waals surface area (Å²) >= 11 is 0. The van der Waals surface area contributed by atoms with Crippen LogP contribution in [0.2, 0.25) is 0 Å². The number of hydrogen-bond acceptors (Lipinski definition) is 11. The molecule has 0 saturated carbocycles. The van der Waals surface area contributed by atoms with E-state index in [1.54, 1.807) is 42.6 Å². The quantitative estimate of drug-likeness (QED) is 0.0369. The van der Waals surface area contributed by atoms with E-state index in [9.17, 15) is 43.2 Å². The summed E-state index contributed by atoms with van der Waals surface area (Å²) in [4.78, 5) is 134. The number of aromatic nitrogens is 1. The summed E-state index contributed by atoms with van der Waals surface area (Å²) in [6, 6.07) is 6.22. The average Bonchev–Trinajstić information content (AvgIpc) is 3.72. The van der Waals surface area contributed by atoms with Crippen LogP contribution in [-0.4, -0.2) is 132 Å². The first kappa shape index (κ1) is 54.4. The molecule has 1 aliphatic rings. The van der Waals surface area contributed by atoms with Gasteiger partial charge >= 0.3 is 0 Å². The van der Waals surface area contributed by atoms with Crippen molar-refractivity contribution in [1.29, 1.82) is 0 Å². The van der Waals surface area contributed by atoms with Crippen LogP contribution in [0.1, 0.15) is 63.5 Å². The molecule has 1 aromatic heterocycles. The van der Waals surface area contributed by atoms with Crippen LogP contribution in [0.3, 0.4) is 0 Å². The first-order chi connectivity index (χ1) is 33.3. The number of para-hydroxylation sites is 1. The van der Waals surface area contributed by atoms with Gasteiger partial charge in [-0.2, -0.15) is 0 Å². The monoisotopic (exact) mass is 973 g/mol. The van der Waals surface area contributed by atoms with Crippen molar-refractivity contribution in [3.63, 3.8) is 0 Å². The number of nitrogens with zero attached hydrogens (tertiary/aromatic N) is 2. The predicted octanol–water partition coefficient (Wildman–Crippen LogP) is -4.11. The lowest BCUT2D eigenvalue weighted by Gasteiger charge is -2.27. The van der Waals surface area contributed by atoms with Crippen LogP contribution in [-0.2, 0) is 56.0 Å². The van der Waals surface area contributed by atoms with Gasteiger partial charge in [0.1, 0.15) is 42.3 Å². The second-order valence-electron chi connectivity index (χ2n) is 16.7. The van der Waals surface area contributed by atoms with E-state index in [1.807, 2.05) is 18.2 Å². The van der Waals surface area contributed by atoms with E-state index in [0.717, 1.165) is 10.9 Å². The van der Waals surface area contributed by atoms with Gasteiger partial charge in [-0.1, -0.05) is 48.5 Å². The molecule has 0 radical (unpaired) electrons. The van der Waals surface area contributed by atoms with Gasteiger partial charge in [-0.15, -0.1) is 0 Å². The maximum Gasteiger partial charge on any atom is 0.243 e. The maximum absolute atomic E-state index is 14.4. The van der Waals surface area contributed by atoms with Crippen LogP contribution in [0.15, 0.2) is 70.8 Å². The first-order valence-corrected chi connectivity index (χ1v) is 22.7. The van der Waals surface area contributed by atoms with Crippen molar-refractivity contribution in [1.82, 2.24) is 47.5 Å². The van der Waals surface area contributed by atoms with E-state index < -0.39 is 108 Å². The van der Waals surface area contributed by atoms with Crippen molar-refractivity contribution >= 4 is 76.0 Å². The molecule has 0 spiro atoms. The molecular formula is C45H64N16O9. The third-order valence-corrected chi connectivity index (χ3v) is 11.1. The standard InChI is InChI=1S/C45H64N16O9/c1-24-38(65)59-33(20-26-10-4-3-5-11-26)42(69)57-31(15-9-19-52-45(49)50)41(68)60-34(21-27-22-53-29-13-7-6-12-28(27)29)43(70)61-35(37(46)64)23-54-36(63)17-16-32(39(66)55-24)58-40(67)30(56-25(2)62)14-8-18-51-44(47)48/h3-7,10-13,22,24,30-35,53H,8-9,14-21,23H2,1-2H3,(H2,46,64)(H,54,63)(H,55,66)(H,56,62)(H,57,69)(H,58,67)(H,59,65)(H,60,68)(H,61,70)(H4,47,48,51)(H4,49,50,52)/t24-,30+,31+,32+,33-,34+,35+/m1/s1. The van der Waals surface area contributed by atoms with Gasteiger partial charge < -0.3 is 76.2 Å². The lowest BCUT2D eigenvalue weighted by Crippen LogP contribution is -2.60. The number of H-pyrrole nitrogens is 1. The largest absolute Gasteiger partial charge is 0.370 e. The summed E-state index contributed by atoms with van der Waals surface area (Å²) < 4.78 is 0. The van der Waals surface area contributed by atoms with Gasteiger partial charge in [0.15, 0.2) is 11.9 Å². The minimum Gasteiger partial charge on any atom is -0.370 e. The van der Waals surface area contributed by atoms with Gasteiger partial charge in [-0.05, 0) is 56.2 Å². The van der Waals surface area contributed by atoms with Crippen molar-refractivity contribution in [2.75, 3.05) is 19.6 Å². The molecule has 2 heterocycles. The maximum atomic E-state index is 14.4. The third kappa shape index (κ3) is 17.8. The summed E-state index contributed by atoms with van der Waals surface area (Å²) in [6.07, 6.45) is 1.04. The van der Waals surface area contributed by atoms with Crippen LogP contribution in [0.25, 0.3) is 10.9 Å². The molecule has 70 heavy (non-hydrogen) atoms. The highest BCUT2D eigenvalue weighted by Crippen LogP contribution is 2.20. The van der Waals surface area contributed by atoms with E-state index >= 15 is 0 Å². The SMILES string of the molecule is CC(=O)N[C@@H](CCCN=C(N)N)C(=O)N[C@H]1CCC(=O)NC[C@@H](C(N)=O)NC(=O)[C@H](Cc2c[nH]c3ccccc23)NC(=O)[C@H](CCCN=C(N)N)NC(=O)[C@@H](Cc2ccccc2)NC(=O)[C@@H](C)NC1=O. The molecule has 2 aromatic carbocycles. The summed E-state index contributed by atoms with van der Waals surface area (Å²) in [6.45, 7) is 2.17. The molecule has 1 aliphatic heterocycles. The van der Waals surface area contributed by atoms with Crippen LogP contribution in [0.4, 0.5) is 0 Å². The second kappa shape index (κ2) is 26.9. The van der Waals surface area contributed by atoms with Crippen LogP contribution >= 0.6 is 0 Å². The summed E-state index contributed by atoms with van der Waals surface area (Å²) in [5, 5.41) is 21.4. The zero-order chi connectivity index (χ0) is 51.3. The Labute approximate surface area is 403 Å². The minimum absolute atomic E-state index is 0.0435. The van der Waals surface area contributed by atoms with Crippen LogP contribution in [0, 0.1) is 0 Å². The number of rotatable bonds is 16. The number of aromatic amines is 1. The van der Waals surface area contributed by atoms with Crippen molar-refractivity contribution in [2.24, 2.45) is 38.7 Å². The second-order valence-corrected chi connectivity index (χ2v) is 16.7. The van der Waals surface area contributed by atoms with Crippen LogP contribution < -0.4 is 71.2 Å². The number of aliphatic imine (C=N–C) groups is 2. The fraction of sp³-hybridized carbons (Fsp3) is 0.444. The molecule has 1 fully saturated rings. The molecule has 25 heteroatoms. The van der Waals surface area contributed by atoms with Gasteiger partial charge in [0.2, 0.25) is 53.2 Å². The lowest BCUT2D eigenvalue weighted by atomic mass is 10.0. The van der Waals surface area contributed by atoms with Gasteiger partial charge in [0.25, 0.3) is 0 Å². The van der Waals surface area contributed by atoms with E-state index in [2.05, 4.69) is 57.5 Å². The number of fused-ring (bicyclic) bond motifs is 1. The fourth-order valence-electron chi connectivity index (χ4n) is 7.42. The smallest absolute Gasteiger partial charge is 0.243 e. The van der Waals surface area contributed by atoms with E-state index in [-0.39, 0.29) is 70.0 Å². The van der Waals surface area contributed by atoms with Gasteiger partial charge in [0.05, 0.1) is 0 Å². The Bertz CT molecular complexity index is 2400. The fourth-order valence-corrected chi connectivity index (χ4v) is 7.42. The Morgan fingerprint density at radius 2 is 1.31 bits per heavy atom. The number of carbonyl (C=O) groups is 9. The highest BCUT2D eigenvalue weighted by molar-refractivity contribution is 5.98. The lowest BCUT2D eigenvalue weighted by molar-refractivity contribution is -0.135. The predicted molar refractivity (Wildman–Crippen MR) is 258 cm³/mol. The van der Waals surface area contributed by atoms with Crippen molar-refractivity contribution in [3.8, 4) is 0 Å². The topological polar surface area (TPSA) is 420 Å². The zero-order valence-electron chi connectivity index (χ0n) is 39.0. The molecular weight excluding hydrogens is 909 g/mol. The zero-order valence-corrected chi connectivity index (χ0v) is 39.0. The van der Waals surface area contributed by atoms with Gasteiger partial charge in [-0.25, -0.2) is 0 Å².